The third kappa shape index (κ3) is 3.72. The number of carbonyl (C=O) groups excluding carboxylic acids is 1. The molecule has 0 saturated carbocycles. The molecule has 1 fully saturated rings. The fourth-order valence-corrected chi connectivity index (χ4v) is 3.04. The van der Waals surface area contributed by atoms with E-state index < -0.39 is 5.82 Å². The molecular weight excluding hydrogens is 265 g/mol. The molecule has 1 heterocycles. The standard InChI is InChI=1S/C14H14FNO2S/c15-13-8-12(4-3-10(13)2-1-6-17)16-14(18)11-5-7-19-9-11/h3-4,8,11,17H,5-7,9H2,(H,16,18). The second kappa shape index (κ2) is 6.60. The van der Waals surface area contributed by atoms with Crippen LogP contribution in [-0.4, -0.2) is 29.1 Å². The summed E-state index contributed by atoms with van der Waals surface area (Å²) in [5, 5.41) is 11.3. The molecule has 5 heteroatoms. The summed E-state index contributed by atoms with van der Waals surface area (Å²) in [5.41, 5.74) is 0.650. The van der Waals surface area contributed by atoms with Gasteiger partial charge in [-0.15, -0.1) is 0 Å². The molecule has 1 aliphatic rings. The molecule has 100 valence electrons. The van der Waals surface area contributed by atoms with Crippen molar-refractivity contribution in [2.45, 2.75) is 6.42 Å². The first-order valence-corrected chi connectivity index (χ1v) is 7.14. The zero-order valence-corrected chi connectivity index (χ0v) is 11.1. The molecule has 19 heavy (non-hydrogen) atoms. The molecule has 2 rings (SSSR count). The van der Waals surface area contributed by atoms with Gasteiger partial charge in [0.25, 0.3) is 0 Å². The van der Waals surface area contributed by atoms with Gasteiger partial charge in [-0.05, 0) is 30.4 Å². The molecule has 2 N–H and O–H groups in total. The Bertz CT molecular complexity index is 530. The molecule has 0 spiro atoms. The fourth-order valence-electron chi connectivity index (χ4n) is 1.81. The van der Waals surface area contributed by atoms with Gasteiger partial charge in [-0.2, -0.15) is 11.8 Å². The lowest BCUT2D eigenvalue weighted by atomic mass is 10.1. The van der Waals surface area contributed by atoms with Gasteiger partial charge in [0.05, 0.1) is 5.56 Å². The predicted octanol–water partition coefficient (Wildman–Crippen LogP) is 1.86. The molecule has 0 aromatic heterocycles. The molecule has 1 aromatic rings. The van der Waals surface area contributed by atoms with Crippen molar-refractivity contribution in [3.8, 4) is 11.8 Å². The number of aliphatic hydroxyl groups is 1. The van der Waals surface area contributed by atoms with Gasteiger partial charge >= 0.3 is 0 Å². The monoisotopic (exact) mass is 279 g/mol. The van der Waals surface area contributed by atoms with Gasteiger partial charge in [0.15, 0.2) is 0 Å². The minimum Gasteiger partial charge on any atom is -0.384 e. The van der Waals surface area contributed by atoms with Crippen molar-refractivity contribution < 1.29 is 14.3 Å². The van der Waals surface area contributed by atoms with Crippen molar-refractivity contribution in [2.24, 2.45) is 5.92 Å². The molecule has 1 aliphatic heterocycles. The molecule has 0 radical (unpaired) electrons. The van der Waals surface area contributed by atoms with Crippen LogP contribution in [0.5, 0.6) is 0 Å². The van der Waals surface area contributed by atoms with E-state index in [0.717, 1.165) is 17.9 Å². The van der Waals surface area contributed by atoms with E-state index in [2.05, 4.69) is 17.2 Å². The van der Waals surface area contributed by atoms with Crippen LogP contribution >= 0.6 is 11.8 Å². The third-order valence-electron chi connectivity index (χ3n) is 2.84. The molecule has 0 bridgehead atoms. The SMILES string of the molecule is O=C(Nc1ccc(C#CCO)c(F)c1)C1CCSC1. The first-order valence-electron chi connectivity index (χ1n) is 5.98. The molecule has 1 unspecified atom stereocenters. The number of carbonyl (C=O) groups is 1. The van der Waals surface area contributed by atoms with Crippen molar-refractivity contribution in [3.05, 3.63) is 29.6 Å². The lowest BCUT2D eigenvalue weighted by molar-refractivity contribution is -0.119. The van der Waals surface area contributed by atoms with Gasteiger partial charge in [0.1, 0.15) is 12.4 Å². The normalized spacial score (nSPS) is 17.7. The smallest absolute Gasteiger partial charge is 0.228 e. The Kier molecular flexibility index (Phi) is 4.83. The first kappa shape index (κ1) is 13.9. The molecule has 1 amide bonds. The van der Waals surface area contributed by atoms with Crippen LogP contribution in [0.2, 0.25) is 0 Å². The quantitative estimate of drug-likeness (QED) is 0.812. The van der Waals surface area contributed by atoms with Crippen molar-refractivity contribution in [3.63, 3.8) is 0 Å². The van der Waals surface area contributed by atoms with Crippen LogP contribution in [-0.2, 0) is 4.79 Å². The van der Waals surface area contributed by atoms with Crippen LogP contribution in [0.25, 0.3) is 0 Å². The van der Waals surface area contributed by atoms with Gasteiger partial charge in [-0.1, -0.05) is 11.8 Å². The van der Waals surface area contributed by atoms with E-state index in [4.69, 9.17) is 5.11 Å². The second-order valence-electron chi connectivity index (χ2n) is 4.20. The number of nitrogens with one attached hydrogen (secondary N) is 1. The molecule has 3 nitrogen and oxygen atoms in total. The minimum atomic E-state index is -0.500. The van der Waals surface area contributed by atoms with Gasteiger partial charge in [0.2, 0.25) is 5.91 Å². The van der Waals surface area contributed by atoms with E-state index in [1.165, 1.54) is 12.1 Å². The van der Waals surface area contributed by atoms with Gasteiger partial charge in [-0.25, -0.2) is 4.39 Å². The Hall–Kier alpha value is -1.51. The maximum absolute atomic E-state index is 13.7. The third-order valence-corrected chi connectivity index (χ3v) is 4.00. The van der Waals surface area contributed by atoms with Crippen LogP contribution in [0.15, 0.2) is 18.2 Å². The van der Waals surface area contributed by atoms with Crippen molar-refractivity contribution in [2.75, 3.05) is 23.4 Å². The average molecular weight is 279 g/mol. The molecule has 1 saturated heterocycles. The van der Waals surface area contributed by atoms with Crippen LogP contribution in [0.3, 0.4) is 0 Å². The summed E-state index contributed by atoms with van der Waals surface area (Å²) in [6, 6.07) is 4.36. The first-order chi connectivity index (χ1) is 9.20. The maximum atomic E-state index is 13.7. The van der Waals surface area contributed by atoms with Crippen molar-refractivity contribution >= 4 is 23.4 Å². The number of rotatable bonds is 2. The molecular formula is C14H14FNO2S. The van der Waals surface area contributed by atoms with Crippen LogP contribution in [0, 0.1) is 23.6 Å². The second-order valence-corrected chi connectivity index (χ2v) is 5.35. The zero-order chi connectivity index (χ0) is 13.7. The summed E-state index contributed by atoms with van der Waals surface area (Å²) >= 11 is 1.76. The van der Waals surface area contributed by atoms with Gasteiger partial charge < -0.3 is 10.4 Å². The van der Waals surface area contributed by atoms with E-state index in [0.29, 0.717) is 5.69 Å². The van der Waals surface area contributed by atoms with Crippen molar-refractivity contribution in [1.82, 2.24) is 0 Å². The Labute approximate surface area is 115 Å². The topological polar surface area (TPSA) is 49.3 Å². The largest absolute Gasteiger partial charge is 0.384 e. The Morgan fingerprint density at radius 1 is 1.58 bits per heavy atom. The number of benzene rings is 1. The lowest BCUT2D eigenvalue weighted by Gasteiger charge is -2.10. The van der Waals surface area contributed by atoms with Gasteiger partial charge in [-0.3, -0.25) is 4.79 Å². The summed E-state index contributed by atoms with van der Waals surface area (Å²) < 4.78 is 13.7. The minimum absolute atomic E-state index is 0.0157. The average Bonchev–Trinajstić information content (AvgIpc) is 2.92. The number of hydrogen-bond donors (Lipinski definition) is 2. The summed E-state index contributed by atoms with van der Waals surface area (Å²) in [6.07, 6.45) is 0.874. The Balaban J connectivity index is 2.05. The van der Waals surface area contributed by atoms with E-state index in [1.54, 1.807) is 17.8 Å². The number of anilines is 1. The zero-order valence-electron chi connectivity index (χ0n) is 10.3. The summed E-state index contributed by atoms with van der Waals surface area (Å²) in [5.74, 6) is 6.18. The predicted molar refractivity (Wildman–Crippen MR) is 74.4 cm³/mol. The highest BCUT2D eigenvalue weighted by molar-refractivity contribution is 7.99. The lowest BCUT2D eigenvalue weighted by Crippen LogP contribution is -2.22. The van der Waals surface area contributed by atoms with E-state index in [-0.39, 0.29) is 24.0 Å². The van der Waals surface area contributed by atoms with Crippen LogP contribution in [0.4, 0.5) is 10.1 Å². The highest BCUT2D eigenvalue weighted by atomic mass is 32.2. The van der Waals surface area contributed by atoms with Crippen molar-refractivity contribution in [1.29, 1.82) is 0 Å². The molecule has 1 atom stereocenters. The van der Waals surface area contributed by atoms with Crippen LogP contribution < -0.4 is 5.32 Å². The number of thioether (sulfide) groups is 1. The number of hydrogen-bond acceptors (Lipinski definition) is 3. The van der Waals surface area contributed by atoms with E-state index in [1.807, 2.05) is 0 Å². The van der Waals surface area contributed by atoms with E-state index in [9.17, 15) is 9.18 Å². The summed E-state index contributed by atoms with van der Waals surface area (Å²) in [6.45, 7) is -0.308. The number of amides is 1. The maximum Gasteiger partial charge on any atom is 0.228 e. The summed E-state index contributed by atoms with van der Waals surface area (Å²) in [4.78, 5) is 11.9. The highest BCUT2D eigenvalue weighted by Gasteiger charge is 2.23. The van der Waals surface area contributed by atoms with Gasteiger partial charge in [0, 0.05) is 17.4 Å². The highest BCUT2D eigenvalue weighted by Crippen LogP contribution is 2.25. The van der Waals surface area contributed by atoms with Crippen LogP contribution in [0.1, 0.15) is 12.0 Å². The number of aliphatic hydroxyl groups excluding tert-OH is 1. The Morgan fingerprint density at radius 3 is 3.05 bits per heavy atom. The summed E-state index contributed by atoms with van der Waals surface area (Å²) in [7, 11) is 0. The molecule has 0 aliphatic carbocycles. The fraction of sp³-hybridized carbons (Fsp3) is 0.357. The van der Waals surface area contributed by atoms with E-state index >= 15 is 0 Å². The molecule has 1 aromatic carbocycles. The number of halogens is 1. The Morgan fingerprint density at radius 2 is 2.42 bits per heavy atom.